The third-order valence-electron chi connectivity index (χ3n) is 1.96. The predicted molar refractivity (Wildman–Crippen MR) is 45.5 cm³/mol. The number of rotatable bonds is 2. The lowest BCUT2D eigenvalue weighted by Crippen LogP contribution is -2.19. The molecule has 0 amide bonds. The number of hydrogen-bond acceptors (Lipinski definition) is 4. The van der Waals surface area contributed by atoms with Crippen molar-refractivity contribution in [2.45, 2.75) is 12.5 Å². The van der Waals surface area contributed by atoms with Gasteiger partial charge in [-0.2, -0.15) is 5.26 Å². The van der Waals surface area contributed by atoms with Crippen LogP contribution < -0.4 is 0 Å². The van der Waals surface area contributed by atoms with Crippen molar-refractivity contribution >= 4 is 0 Å². The second-order valence-corrected chi connectivity index (χ2v) is 2.80. The van der Waals surface area contributed by atoms with Gasteiger partial charge in [-0.3, -0.25) is 0 Å². The van der Waals surface area contributed by atoms with Gasteiger partial charge in [-0.15, -0.1) is 0 Å². The summed E-state index contributed by atoms with van der Waals surface area (Å²) in [6, 6.07) is 1.74. The molecule has 0 saturated carbocycles. The molecule has 0 aromatic carbocycles. The van der Waals surface area contributed by atoms with E-state index in [2.05, 4.69) is 0 Å². The Balaban J connectivity index is 2.77. The maximum Gasteiger partial charge on any atom is 0.156 e. The lowest BCUT2D eigenvalue weighted by molar-refractivity contribution is 0.173. The van der Waals surface area contributed by atoms with Gasteiger partial charge in [-0.25, -0.2) is 0 Å². The van der Waals surface area contributed by atoms with E-state index in [0.29, 0.717) is 12.2 Å². The number of nitriles is 1. The zero-order chi connectivity index (χ0) is 9.84. The van der Waals surface area contributed by atoms with Gasteiger partial charge in [0.05, 0.1) is 13.2 Å². The van der Waals surface area contributed by atoms with E-state index in [1.807, 2.05) is 0 Å². The monoisotopic (exact) mass is 181 g/mol. The number of aliphatic hydroxyl groups excluding tert-OH is 2. The standard InChI is InChI=1S/C9H11NO3/c1-13-9-4-6(8(12)5-10)2-3-7(9)11/h3-4,6,8,11-12H,2H2,1H3. The third-order valence-corrected chi connectivity index (χ3v) is 1.96. The summed E-state index contributed by atoms with van der Waals surface area (Å²) in [6.07, 6.45) is 2.50. The van der Waals surface area contributed by atoms with Crippen LogP contribution in [0, 0.1) is 17.2 Å². The van der Waals surface area contributed by atoms with Crippen molar-refractivity contribution in [2.75, 3.05) is 7.11 Å². The Morgan fingerprint density at radius 3 is 3.00 bits per heavy atom. The van der Waals surface area contributed by atoms with E-state index >= 15 is 0 Å². The second kappa shape index (κ2) is 3.97. The Bertz CT molecular complexity index is 288. The minimum absolute atomic E-state index is 0.0592. The number of hydrogen-bond donors (Lipinski definition) is 2. The molecule has 0 aromatic rings. The normalized spacial score (nSPS) is 23.9. The number of nitrogens with zero attached hydrogens (tertiary/aromatic N) is 1. The van der Waals surface area contributed by atoms with Gasteiger partial charge in [0, 0.05) is 5.92 Å². The summed E-state index contributed by atoms with van der Waals surface area (Å²) in [5.74, 6) is 0.0743. The first-order valence-electron chi connectivity index (χ1n) is 3.92. The molecular weight excluding hydrogens is 170 g/mol. The molecule has 1 aliphatic carbocycles. The van der Waals surface area contributed by atoms with E-state index in [9.17, 15) is 10.2 Å². The molecule has 0 bridgehead atoms. The number of allylic oxidation sites excluding steroid dienone is 1. The molecule has 0 spiro atoms. The molecule has 0 fully saturated rings. The molecule has 1 rings (SSSR count). The summed E-state index contributed by atoms with van der Waals surface area (Å²) in [6.45, 7) is 0. The van der Waals surface area contributed by atoms with Crippen molar-refractivity contribution in [1.82, 2.24) is 0 Å². The van der Waals surface area contributed by atoms with Gasteiger partial charge in [0.1, 0.15) is 6.10 Å². The van der Waals surface area contributed by atoms with Crippen LogP contribution in [0.15, 0.2) is 23.7 Å². The van der Waals surface area contributed by atoms with Crippen LogP contribution >= 0.6 is 0 Å². The maximum atomic E-state index is 9.24. The molecule has 0 aromatic heterocycles. The first-order valence-corrected chi connectivity index (χ1v) is 3.92. The fraction of sp³-hybridized carbons (Fsp3) is 0.444. The maximum absolute atomic E-state index is 9.24. The highest BCUT2D eigenvalue weighted by molar-refractivity contribution is 5.25. The van der Waals surface area contributed by atoms with Crippen LogP contribution in [0.4, 0.5) is 0 Å². The summed E-state index contributed by atoms with van der Waals surface area (Å²) in [4.78, 5) is 0. The van der Waals surface area contributed by atoms with Crippen molar-refractivity contribution in [3.8, 4) is 6.07 Å². The topological polar surface area (TPSA) is 73.5 Å². The van der Waals surface area contributed by atoms with Crippen LogP contribution in [0.5, 0.6) is 0 Å². The van der Waals surface area contributed by atoms with Crippen LogP contribution in [-0.4, -0.2) is 23.4 Å². The number of methoxy groups -OCH3 is 1. The second-order valence-electron chi connectivity index (χ2n) is 2.80. The summed E-state index contributed by atoms with van der Waals surface area (Å²) in [5, 5.41) is 26.9. The Morgan fingerprint density at radius 2 is 2.46 bits per heavy atom. The van der Waals surface area contributed by atoms with E-state index in [4.69, 9.17) is 10.00 Å². The molecule has 0 aliphatic heterocycles. The Morgan fingerprint density at radius 1 is 1.77 bits per heavy atom. The Labute approximate surface area is 76.4 Å². The molecule has 2 atom stereocenters. The molecule has 0 saturated heterocycles. The van der Waals surface area contributed by atoms with E-state index < -0.39 is 6.10 Å². The molecule has 1 aliphatic rings. The minimum atomic E-state index is -1.05. The SMILES string of the molecule is COC1=CC(C(O)C#N)CC=C1O. The van der Waals surface area contributed by atoms with Crippen molar-refractivity contribution in [3.05, 3.63) is 23.7 Å². The molecular formula is C9H11NO3. The van der Waals surface area contributed by atoms with Gasteiger partial charge in [0.25, 0.3) is 0 Å². The average molecular weight is 181 g/mol. The lowest BCUT2D eigenvalue weighted by Gasteiger charge is -2.18. The first-order chi connectivity index (χ1) is 6.19. The van der Waals surface area contributed by atoms with Gasteiger partial charge in [-0.1, -0.05) is 0 Å². The smallest absolute Gasteiger partial charge is 0.156 e. The van der Waals surface area contributed by atoms with Crippen LogP contribution in [0.1, 0.15) is 6.42 Å². The zero-order valence-electron chi connectivity index (χ0n) is 7.27. The summed E-state index contributed by atoms with van der Waals surface area (Å²) >= 11 is 0. The molecule has 0 radical (unpaired) electrons. The third kappa shape index (κ3) is 2.01. The zero-order valence-corrected chi connectivity index (χ0v) is 7.27. The molecule has 2 N–H and O–H groups in total. The van der Waals surface area contributed by atoms with E-state index in [1.165, 1.54) is 13.2 Å². The molecule has 2 unspecified atom stereocenters. The molecule has 70 valence electrons. The number of ether oxygens (including phenoxy) is 1. The molecule has 4 heteroatoms. The summed E-state index contributed by atoms with van der Waals surface area (Å²) < 4.78 is 4.85. The van der Waals surface area contributed by atoms with Crippen molar-refractivity contribution in [3.63, 3.8) is 0 Å². The van der Waals surface area contributed by atoms with Crippen molar-refractivity contribution in [2.24, 2.45) is 5.92 Å². The van der Waals surface area contributed by atoms with E-state index in [1.54, 1.807) is 12.1 Å². The largest absolute Gasteiger partial charge is 0.504 e. The minimum Gasteiger partial charge on any atom is -0.504 e. The molecule has 13 heavy (non-hydrogen) atoms. The first kappa shape index (κ1) is 9.62. The molecule has 0 heterocycles. The average Bonchev–Trinajstić information content (AvgIpc) is 2.17. The lowest BCUT2D eigenvalue weighted by atomic mass is 9.94. The summed E-state index contributed by atoms with van der Waals surface area (Å²) in [7, 11) is 1.43. The van der Waals surface area contributed by atoms with Crippen molar-refractivity contribution in [1.29, 1.82) is 5.26 Å². The van der Waals surface area contributed by atoms with Gasteiger partial charge in [-0.05, 0) is 18.6 Å². The van der Waals surface area contributed by atoms with Gasteiger partial charge >= 0.3 is 0 Å². The fourth-order valence-corrected chi connectivity index (χ4v) is 1.18. The van der Waals surface area contributed by atoms with Crippen LogP contribution in [0.3, 0.4) is 0 Å². The number of aliphatic hydroxyl groups is 2. The van der Waals surface area contributed by atoms with Crippen LogP contribution in [0.25, 0.3) is 0 Å². The van der Waals surface area contributed by atoms with Gasteiger partial charge in [0.2, 0.25) is 0 Å². The van der Waals surface area contributed by atoms with E-state index in [0.717, 1.165) is 0 Å². The molecule has 4 nitrogen and oxygen atoms in total. The highest BCUT2D eigenvalue weighted by Crippen LogP contribution is 2.23. The highest BCUT2D eigenvalue weighted by Gasteiger charge is 2.21. The van der Waals surface area contributed by atoms with Crippen molar-refractivity contribution < 1.29 is 14.9 Å². The quantitative estimate of drug-likeness (QED) is 0.620. The van der Waals surface area contributed by atoms with Crippen LogP contribution in [0.2, 0.25) is 0 Å². The van der Waals surface area contributed by atoms with Gasteiger partial charge in [0.15, 0.2) is 11.5 Å². The summed E-state index contributed by atoms with van der Waals surface area (Å²) in [5.41, 5.74) is 0. The van der Waals surface area contributed by atoms with Gasteiger partial charge < -0.3 is 14.9 Å². The van der Waals surface area contributed by atoms with Crippen LogP contribution in [-0.2, 0) is 4.74 Å². The Hall–Kier alpha value is -1.47. The fourth-order valence-electron chi connectivity index (χ4n) is 1.18. The Kier molecular flexibility index (Phi) is 2.93. The highest BCUT2D eigenvalue weighted by atomic mass is 16.5. The van der Waals surface area contributed by atoms with E-state index in [-0.39, 0.29) is 11.7 Å². The predicted octanol–water partition coefficient (Wildman–Crippen LogP) is 0.863.